The van der Waals surface area contributed by atoms with Crippen LogP contribution in [-0.2, 0) is 19.6 Å². The Kier molecular flexibility index (Phi) is 4.76. The Hall–Kier alpha value is -1.92. The number of rotatable bonds is 4. The lowest BCUT2D eigenvalue weighted by molar-refractivity contribution is 0.208. The number of aryl methyl sites for hydroxylation is 1. The van der Waals surface area contributed by atoms with E-state index in [0.717, 1.165) is 57.9 Å². The summed E-state index contributed by atoms with van der Waals surface area (Å²) in [5.41, 5.74) is 2.54. The van der Waals surface area contributed by atoms with Crippen molar-refractivity contribution in [2.75, 3.05) is 25.0 Å². The number of hydrogen-bond donors (Lipinski definition) is 2. The van der Waals surface area contributed by atoms with Crippen molar-refractivity contribution < 1.29 is 0 Å². The van der Waals surface area contributed by atoms with E-state index in [2.05, 4.69) is 31.3 Å². The fraction of sp³-hybridized carbons (Fsp3) is 0.556. The molecule has 0 aromatic carbocycles. The van der Waals surface area contributed by atoms with Crippen molar-refractivity contribution in [3.8, 4) is 0 Å². The van der Waals surface area contributed by atoms with Gasteiger partial charge in [0.15, 0.2) is 0 Å². The maximum absolute atomic E-state index is 4.80. The van der Waals surface area contributed by atoms with E-state index in [1.165, 1.54) is 17.8 Å². The van der Waals surface area contributed by atoms with Crippen molar-refractivity contribution in [1.29, 1.82) is 0 Å². The Bertz CT molecular complexity index is 621. The molecule has 0 amide bonds. The van der Waals surface area contributed by atoms with Gasteiger partial charge in [-0.1, -0.05) is 6.07 Å². The lowest BCUT2D eigenvalue weighted by Crippen LogP contribution is -2.38. The molecule has 0 bridgehead atoms. The second kappa shape index (κ2) is 7.32. The summed E-state index contributed by atoms with van der Waals surface area (Å²) < 4.78 is 2.19. The molecule has 6 nitrogen and oxygen atoms in total. The Balaban J connectivity index is 1.29. The normalized spacial score (nSPS) is 19.7. The molecule has 2 N–H and O–H groups in total. The number of fused-ring (bicyclic) bond motifs is 1. The minimum atomic E-state index is 0.527. The van der Waals surface area contributed by atoms with Crippen LogP contribution in [0, 0.1) is 0 Å². The van der Waals surface area contributed by atoms with Crippen LogP contribution >= 0.6 is 0 Å². The predicted octanol–water partition coefficient (Wildman–Crippen LogP) is 1.85. The fourth-order valence-corrected chi connectivity index (χ4v) is 3.62. The molecule has 1 fully saturated rings. The molecule has 24 heavy (non-hydrogen) atoms. The van der Waals surface area contributed by atoms with Gasteiger partial charge in [0.25, 0.3) is 0 Å². The van der Waals surface area contributed by atoms with E-state index in [1.54, 1.807) is 0 Å². The van der Waals surface area contributed by atoms with Crippen LogP contribution in [0.3, 0.4) is 0 Å². The summed E-state index contributed by atoms with van der Waals surface area (Å²) in [6.45, 7) is 6.28. The van der Waals surface area contributed by atoms with E-state index >= 15 is 0 Å². The van der Waals surface area contributed by atoms with E-state index < -0.39 is 0 Å². The summed E-state index contributed by atoms with van der Waals surface area (Å²) in [4.78, 5) is 6.88. The van der Waals surface area contributed by atoms with Gasteiger partial charge in [-0.05, 0) is 44.0 Å². The van der Waals surface area contributed by atoms with Crippen molar-refractivity contribution >= 4 is 5.82 Å². The van der Waals surface area contributed by atoms with Crippen LogP contribution in [0.15, 0.2) is 30.5 Å². The average Bonchev–Trinajstić information content (AvgIpc) is 2.86. The van der Waals surface area contributed by atoms with Crippen LogP contribution in [0.25, 0.3) is 0 Å². The molecule has 0 spiro atoms. The predicted molar refractivity (Wildman–Crippen MR) is 94.7 cm³/mol. The van der Waals surface area contributed by atoms with E-state index in [1.807, 2.05) is 24.4 Å². The van der Waals surface area contributed by atoms with Gasteiger partial charge in [-0.15, -0.1) is 0 Å². The second-order valence-corrected chi connectivity index (χ2v) is 6.79. The maximum Gasteiger partial charge on any atom is 0.126 e. The number of nitrogens with zero attached hydrogens (tertiary/aromatic N) is 4. The number of likely N-dealkylation sites (tertiary alicyclic amines) is 1. The van der Waals surface area contributed by atoms with Gasteiger partial charge >= 0.3 is 0 Å². The summed E-state index contributed by atoms with van der Waals surface area (Å²) in [6, 6.07) is 8.83. The van der Waals surface area contributed by atoms with Gasteiger partial charge < -0.3 is 10.6 Å². The van der Waals surface area contributed by atoms with Gasteiger partial charge in [-0.25, -0.2) is 4.98 Å². The first kappa shape index (κ1) is 15.6. The molecule has 128 valence electrons. The number of pyridine rings is 1. The molecule has 1 saturated heterocycles. The second-order valence-electron chi connectivity index (χ2n) is 6.79. The zero-order valence-electron chi connectivity index (χ0n) is 14.1. The molecule has 0 aliphatic carbocycles. The monoisotopic (exact) mass is 326 g/mol. The van der Waals surface area contributed by atoms with Gasteiger partial charge in [-0.3, -0.25) is 9.58 Å². The van der Waals surface area contributed by atoms with Gasteiger partial charge in [0.1, 0.15) is 5.82 Å². The fourth-order valence-electron chi connectivity index (χ4n) is 3.62. The van der Waals surface area contributed by atoms with Crippen LogP contribution in [0.5, 0.6) is 0 Å². The van der Waals surface area contributed by atoms with Crippen molar-refractivity contribution in [1.82, 2.24) is 25.0 Å². The third-order valence-corrected chi connectivity index (χ3v) is 4.93. The Morgan fingerprint density at radius 2 is 2.12 bits per heavy atom. The number of nitrogens with one attached hydrogen (secondary N) is 2. The van der Waals surface area contributed by atoms with Gasteiger partial charge in [0.05, 0.1) is 11.4 Å². The number of anilines is 1. The third-order valence-electron chi connectivity index (χ3n) is 4.93. The summed E-state index contributed by atoms with van der Waals surface area (Å²) >= 11 is 0. The number of piperidine rings is 1. The topological polar surface area (TPSA) is 58.0 Å². The quantitative estimate of drug-likeness (QED) is 0.898. The number of aromatic nitrogens is 3. The largest absolute Gasteiger partial charge is 0.367 e. The standard InChI is InChI=1S/C18H26N6/c1-2-8-20-18(4-1)21-15-5-10-23(11-6-15)14-16-12-17-13-19-7-3-9-24(17)22-16/h1-2,4,8,12,15,19H,3,5-7,9-11,13-14H2,(H,20,21). The van der Waals surface area contributed by atoms with E-state index in [9.17, 15) is 0 Å². The highest BCUT2D eigenvalue weighted by molar-refractivity contribution is 5.34. The first-order chi connectivity index (χ1) is 11.9. The maximum atomic E-state index is 4.80. The molecular weight excluding hydrogens is 300 g/mol. The van der Waals surface area contributed by atoms with Crippen LogP contribution in [-0.4, -0.2) is 45.3 Å². The Morgan fingerprint density at radius 3 is 2.96 bits per heavy atom. The average molecular weight is 326 g/mol. The first-order valence-electron chi connectivity index (χ1n) is 9.03. The summed E-state index contributed by atoms with van der Waals surface area (Å²) in [5, 5.41) is 11.8. The van der Waals surface area contributed by atoms with E-state index in [0.29, 0.717) is 6.04 Å². The molecule has 2 aromatic rings. The molecule has 0 radical (unpaired) electrons. The van der Waals surface area contributed by atoms with Gasteiger partial charge in [0.2, 0.25) is 0 Å². The molecule has 2 aliphatic heterocycles. The SMILES string of the molecule is c1ccc(NC2CCN(Cc3cc4n(n3)CCCNC4)CC2)nc1. The minimum absolute atomic E-state index is 0.527. The Labute approximate surface area is 143 Å². The molecule has 2 aliphatic rings. The minimum Gasteiger partial charge on any atom is -0.367 e. The van der Waals surface area contributed by atoms with Crippen LogP contribution in [0.4, 0.5) is 5.82 Å². The van der Waals surface area contributed by atoms with Crippen LogP contribution in [0.1, 0.15) is 30.7 Å². The zero-order valence-corrected chi connectivity index (χ0v) is 14.1. The first-order valence-corrected chi connectivity index (χ1v) is 9.03. The molecule has 6 heteroatoms. The summed E-state index contributed by atoms with van der Waals surface area (Å²) in [6.07, 6.45) is 5.32. The Morgan fingerprint density at radius 1 is 1.21 bits per heavy atom. The molecule has 2 aromatic heterocycles. The van der Waals surface area contributed by atoms with Crippen molar-refractivity contribution in [2.45, 2.75) is 44.9 Å². The van der Waals surface area contributed by atoms with E-state index in [4.69, 9.17) is 5.10 Å². The highest BCUT2D eigenvalue weighted by atomic mass is 15.3. The highest BCUT2D eigenvalue weighted by Crippen LogP contribution is 2.17. The smallest absolute Gasteiger partial charge is 0.126 e. The summed E-state index contributed by atoms with van der Waals surface area (Å²) in [5.74, 6) is 0.987. The molecule has 4 rings (SSSR count). The van der Waals surface area contributed by atoms with Crippen molar-refractivity contribution in [3.63, 3.8) is 0 Å². The lowest BCUT2D eigenvalue weighted by Gasteiger charge is -2.32. The number of hydrogen-bond acceptors (Lipinski definition) is 5. The molecule has 0 atom stereocenters. The molecule has 0 unspecified atom stereocenters. The van der Waals surface area contributed by atoms with Crippen molar-refractivity contribution in [2.24, 2.45) is 0 Å². The highest BCUT2D eigenvalue weighted by Gasteiger charge is 2.20. The lowest BCUT2D eigenvalue weighted by atomic mass is 10.0. The molecule has 4 heterocycles. The third kappa shape index (κ3) is 3.76. The molecule has 0 saturated carbocycles. The van der Waals surface area contributed by atoms with Crippen molar-refractivity contribution in [3.05, 3.63) is 41.9 Å². The van der Waals surface area contributed by atoms with Gasteiger partial charge in [-0.2, -0.15) is 5.10 Å². The molecular formula is C18H26N6. The van der Waals surface area contributed by atoms with E-state index in [-0.39, 0.29) is 0 Å². The van der Waals surface area contributed by atoms with Crippen LogP contribution in [0.2, 0.25) is 0 Å². The zero-order chi connectivity index (χ0) is 16.2. The summed E-state index contributed by atoms with van der Waals surface area (Å²) in [7, 11) is 0. The van der Waals surface area contributed by atoms with Crippen LogP contribution < -0.4 is 10.6 Å². The van der Waals surface area contributed by atoms with Gasteiger partial charge in [0, 0.05) is 45.0 Å².